The monoisotopic (exact) mass is 302 g/mol. The molecule has 0 spiro atoms. The van der Waals surface area contributed by atoms with Crippen LogP contribution in [0.3, 0.4) is 0 Å². The average Bonchev–Trinajstić information content (AvgIpc) is 2.70. The number of hydrogen-bond acceptors (Lipinski definition) is 6. The number of fused-ring (bicyclic) bond motifs is 1. The van der Waals surface area contributed by atoms with Crippen LogP contribution in [-0.2, 0) is 20.6 Å². The van der Waals surface area contributed by atoms with Gasteiger partial charge in [0.1, 0.15) is 26.2 Å². The Balaban J connectivity index is 2.09. The molecule has 2 aromatic rings. The number of nitrogens with zero attached hydrogens (tertiary/aromatic N) is 1. The topological polar surface area (TPSA) is 103 Å². The van der Waals surface area contributed by atoms with Gasteiger partial charge in [0.15, 0.2) is 5.58 Å². The molecule has 8 heteroatoms. The number of hydrogen-bond donors (Lipinski definition) is 1. The van der Waals surface area contributed by atoms with Crippen molar-refractivity contribution in [3.63, 3.8) is 0 Å². The van der Waals surface area contributed by atoms with Crippen molar-refractivity contribution in [3.8, 4) is 0 Å². The van der Waals surface area contributed by atoms with E-state index in [0.29, 0.717) is 23.2 Å². The summed E-state index contributed by atoms with van der Waals surface area (Å²) in [6.45, 7) is 0. The molecule has 2 N–H and O–H groups in total. The van der Waals surface area contributed by atoms with Gasteiger partial charge in [0, 0.05) is 17.7 Å². The summed E-state index contributed by atoms with van der Waals surface area (Å²) in [5, 5.41) is 0.106. The van der Waals surface area contributed by atoms with Gasteiger partial charge in [0.25, 0.3) is 5.22 Å². The lowest BCUT2D eigenvalue weighted by atomic mass is 10.3. The molecule has 0 radical (unpaired) electrons. The maximum absolute atomic E-state index is 11.9. The lowest BCUT2D eigenvalue weighted by molar-refractivity contribution is 0.477. The zero-order valence-corrected chi connectivity index (χ0v) is 12.0. The summed E-state index contributed by atoms with van der Waals surface area (Å²) >= 11 is 0. The van der Waals surface area contributed by atoms with Gasteiger partial charge in [0.05, 0.1) is 5.75 Å². The molecule has 0 saturated carbocycles. The fourth-order valence-electron chi connectivity index (χ4n) is 1.56. The number of anilines is 1. The summed E-state index contributed by atoms with van der Waals surface area (Å²) in [5.74, 6) is 0.210. The predicted octanol–water partition coefficient (Wildman–Crippen LogP) is 0.952. The van der Waals surface area contributed by atoms with Crippen molar-refractivity contribution in [1.82, 2.24) is 4.98 Å². The van der Waals surface area contributed by atoms with Crippen molar-refractivity contribution < 1.29 is 17.0 Å². The van der Waals surface area contributed by atoms with Crippen LogP contribution in [0.25, 0.3) is 11.1 Å². The van der Waals surface area contributed by atoms with Crippen LogP contribution in [0.2, 0.25) is 0 Å². The molecule has 19 heavy (non-hydrogen) atoms. The number of rotatable bonds is 5. The van der Waals surface area contributed by atoms with Crippen molar-refractivity contribution in [2.24, 2.45) is 0 Å². The average molecular weight is 302 g/mol. The Morgan fingerprint density at radius 1 is 1.42 bits per heavy atom. The molecule has 1 atom stereocenters. The molecule has 0 saturated heterocycles. The number of nitrogen functional groups attached to an aromatic ring is 1. The molecule has 1 aromatic carbocycles. The smallest absolute Gasteiger partial charge is 0.287 e. The predicted molar refractivity (Wildman–Crippen MR) is 74.0 cm³/mol. The summed E-state index contributed by atoms with van der Waals surface area (Å²) in [6, 6.07) is 4.97. The third-order valence-corrected chi connectivity index (χ3v) is 4.69. The van der Waals surface area contributed by atoms with Gasteiger partial charge >= 0.3 is 0 Å². The van der Waals surface area contributed by atoms with E-state index in [1.165, 1.54) is 0 Å². The quantitative estimate of drug-likeness (QED) is 0.825. The first-order valence-corrected chi connectivity index (χ1v) is 8.95. The Hall–Kier alpha value is -1.41. The first-order valence-electron chi connectivity index (χ1n) is 5.57. The number of aromatic nitrogens is 1. The van der Waals surface area contributed by atoms with Gasteiger partial charge in [0.2, 0.25) is 0 Å². The van der Waals surface area contributed by atoms with Crippen molar-refractivity contribution in [2.45, 2.75) is 11.6 Å². The number of sulfone groups is 1. The molecule has 2 rings (SSSR count). The largest absolute Gasteiger partial charge is 0.430 e. The van der Waals surface area contributed by atoms with Gasteiger partial charge in [-0.05, 0) is 24.6 Å². The molecule has 104 valence electrons. The fraction of sp³-hybridized carbons (Fsp3) is 0.364. The van der Waals surface area contributed by atoms with Crippen LogP contribution in [-0.4, -0.2) is 35.4 Å². The third kappa shape index (κ3) is 3.77. The molecule has 0 amide bonds. The van der Waals surface area contributed by atoms with Crippen LogP contribution < -0.4 is 5.73 Å². The van der Waals surface area contributed by atoms with Gasteiger partial charge in [-0.1, -0.05) is 0 Å². The molecule has 1 unspecified atom stereocenters. The van der Waals surface area contributed by atoms with Crippen LogP contribution in [0, 0.1) is 0 Å². The Kier molecular flexibility index (Phi) is 3.91. The molecule has 1 aromatic heterocycles. The first-order chi connectivity index (χ1) is 8.85. The summed E-state index contributed by atoms with van der Waals surface area (Å²) in [6.07, 6.45) is 1.46. The second-order valence-electron chi connectivity index (χ2n) is 4.24. The SMILES string of the molecule is CS(=O)(=O)CCCS(=O)c1nc2cc(N)ccc2o1. The number of oxazole rings is 1. The number of nitrogens with two attached hydrogens (primary N) is 1. The second kappa shape index (κ2) is 5.30. The van der Waals surface area contributed by atoms with E-state index in [1.54, 1.807) is 18.2 Å². The molecule has 0 aliphatic heterocycles. The highest BCUT2D eigenvalue weighted by molar-refractivity contribution is 7.90. The summed E-state index contributed by atoms with van der Waals surface area (Å²) in [5.41, 5.74) is 7.23. The van der Waals surface area contributed by atoms with E-state index in [9.17, 15) is 12.6 Å². The number of benzene rings is 1. The lowest BCUT2D eigenvalue weighted by Gasteiger charge is -1.97. The normalized spacial score (nSPS) is 13.7. The Labute approximate surface area is 113 Å². The van der Waals surface area contributed by atoms with E-state index in [0.717, 1.165) is 6.26 Å². The minimum absolute atomic E-state index is 0.00587. The van der Waals surface area contributed by atoms with Crippen LogP contribution in [0.5, 0.6) is 0 Å². The third-order valence-electron chi connectivity index (χ3n) is 2.43. The second-order valence-corrected chi connectivity index (χ2v) is 7.95. The van der Waals surface area contributed by atoms with Gasteiger partial charge in [-0.3, -0.25) is 0 Å². The summed E-state index contributed by atoms with van der Waals surface area (Å²) < 4.78 is 39.2. The van der Waals surface area contributed by atoms with Gasteiger partial charge < -0.3 is 10.2 Å². The molecule has 0 aliphatic rings. The highest BCUT2D eigenvalue weighted by Crippen LogP contribution is 2.20. The minimum atomic E-state index is -3.03. The maximum Gasteiger partial charge on any atom is 0.287 e. The van der Waals surface area contributed by atoms with Gasteiger partial charge in [-0.2, -0.15) is 0 Å². The van der Waals surface area contributed by atoms with E-state index >= 15 is 0 Å². The van der Waals surface area contributed by atoms with E-state index in [2.05, 4.69) is 4.98 Å². The highest BCUT2D eigenvalue weighted by atomic mass is 32.2. The van der Waals surface area contributed by atoms with E-state index in [-0.39, 0.29) is 16.7 Å². The Bertz CT molecular complexity index is 721. The fourth-order valence-corrected chi connectivity index (χ4v) is 3.38. The highest BCUT2D eigenvalue weighted by Gasteiger charge is 2.13. The summed E-state index contributed by atoms with van der Waals surface area (Å²) in [4.78, 5) is 4.09. The molecule has 0 bridgehead atoms. The molecular weight excluding hydrogens is 288 g/mol. The minimum Gasteiger partial charge on any atom is -0.430 e. The van der Waals surface area contributed by atoms with E-state index < -0.39 is 20.6 Å². The van der Waals surface area contributed by atoms with Crippen LogP contribution in [0.15, 0.2) is 27.8 Å². The Morgan fingerprint density at radius 2 is 2.16 bits per heavy atom. The van der Waals surface area contributed by atoms with Crippen molar-refractivity contribution in [3.05, 3.63) is 18.2 Å². The van der Waals surface area contributed by atoms with Crippen LogP contribution in [0.4, 0.5) is 5.69 Å². The van der Waals surface area contributed by atoms with Crippen molar-refractivity contribution >= 4 is 37.4 Å². The van der Waals surface area contributed by atoms with Crippen LogP contribution in [0.1, 0.15) is 6.42 Å². The summed E-state index contributed by atoms with van der Waals surface area (Å²) in [7, 11) is -4.47. The zero-order valence-electron chi connectivity index (χ0n) is 10.3. The van der Waals surface area contributed by atoms with E-state index in [1.807, 2.05) is 0 Å². The molecule has 0 fully saturated rings. The molecule has 1 heterocycles. The molecule has 6 nitrogen and oxygen atoms in total. The van der Waals surface area contributed by atoms with Gasteiger partial charge in [-0.15, -0.1) is 0 Å². The molecular formula is C11H14N2O4S2. The Morgan fingerprint density at radius 3 is 2.84 bits per heavy atom. The zero-order chi connectivity index (χ0) is 14.0. The molecule has 0 aliphatic carbocycles. The van der Waals surface area contributed by atoms with Gasteiger partial charge in [-0.25, -0.2) is 17.6 Å². The van der Waals surface area contributed by atoms with Crippen molar-refractivity contribution in [1.29, 1.82) is 0 Å². The first kappa shape index (κ1) is 14.0. The lowest BCUT2D eigenvalue weighted by Crippen LogP contribution is -2.07. The standard InChI is InChI=1S/C11H14N2O4S2/c1-19(15,16)6-2-5-18(14)11-13-9-7-8(12)3-4-10(9)17-11/h3-4,7H,2,5-6,12H2,1H3. The van der Waals surface area contributed by atoms with E-state index in [4.69, 9.17) is 10.2 Å². The van der Waals surface area contributed by atoms with Crippen molar-refractivity contribution in [2.75, 3.05) is 23.5 Å². The van der Waals surface area contributed by atoms with Crippen LogP contribution >= 0.6 is 0 Å². The maximum atomic E-state index is 11.9.